The molecule has 3 aromatic carbocycles. The lowest BCUT2D eigenvalue weighted by Crippen LogP contribution is -2.50. The van der Waals surface area contributed by atoms with Crippen molar-refractivity contribution in [2.75, 3.05) is 5.32 Å². The second-order valence-corrected chi connectivity index (χ2v) is 9.65. The highest BCUT2D eigenvalue weighted by molar-refractivity contribution is 14.1. The topological polar surface area (TPSA) is 46.2 Å². The largest absolute Gasteiger partial charge is 0.435 e. The molecule has 0 fully saturated rings. The molecule has 0 aliphatic rings. The van der Waals surface area contributed by atoms with Crippen LogP contribution in [0.15, 0.2) is 48.5 Å². The monoisotopic (exact) mass is 731 g/mol. The number of halogens is 14. The summed E-state index contributed by atoms with van der Waals surface area (Å²) < 4.78 is 175. The van der Waals surface area contributed by atoms with Gasteiger partial charge in [-0.3, -0.25) is 9.59 Å². The number of hydrogen-bond donors (Lipinski definition) is 1. The minimum atomic E-state index is -6.72. The maximum Gasteiger partial charge on any atom is 0.435 e. The maximum atomic E-state index is 15.1. The van der Waals surface area contributed by atoms with Crippen LogP contribution < -0.4 is 5.32 Å². The van der Waals surface area contributed by atoms with Crippen LogP contribution in [0.25, 0.3) is 0 Å². The van der Waals surface area contributed by atoms with Gasteiger partial charge >= 0.3 is 24.2 Å². The summed E-state index contributed by atoms with van der Waals surface area (Å²) in [4.78, 5) is 25.1. The summed E-state index contributed by atoms with van der Waals surface area (Å²) >= 11 is 0.882. The van der Waals surface area contributed by atoms with E-state index in [2.05, 4.69) is 0 Å². The Morgan fingerprint density at radius 2 is 1.36 bits per heavy atom. The number of ketones is 1. The zero-order chi connectivity index (χ0) is 32.0. The standard InChI is InChI=1S/C25H11F13INO2/c26-15-5-4-10(6-16(15)27)21(42)40-18-3-1-2-12(20(18)28)19(41)9-13-14(23(30,31)32)7-11(8-17(13)39)22(29,24(33,34)35)25(36,37)38/h1-8H,9H2,(H,40,42). The second kappa shape index (κ2) is 11.4. The van der Waals surface area contributed by atoms with Crippen molar-refractivity contribution in [1.29, 1.82) is 0 Å². The van der Waals surface area contributed by atoms with Gasteiger partial charge in [0.05, 0.1) is 16.8 Å². The van der Waals surface area contributed by atoms with E-state index in [0.717, 1.165) is 46.9 Å². The highest BCUT2D eigenvalue weighted by Crippen LogP contribution is 2.54. The van der Waals surface area contributed by atoms with Crippen molar-refractivity contribution in [3.63, 3.8) is 0 Å². The molecule has 0 unspecified atom stereocenters. The molecule has 0 saturated heterocycles. The number of hydrogen-bond acceptors (Lipinski definition) is 2. The van der Waals surface area contributed by atoms with Gasteiger partial charge in [0.15, 0.2) is 23.2 Å². The Balaban J connectivity index is 2.03. The van der Waals surface area contributed by atoms with Crippen LogP contribution in [0.4, 0.5) is 62.8 Å². The summed E-state index contributed by atoms with van der Waals surface area (Å²) in [5.74, 6) is -6.91. The van der Waals surface area contributed by atoms with Crippen LogP contribution in [-0.2, 0) is 18.3 Å². The number of amides is 1. The summed E-state index contributed by atoms with van der Waals surface area (Å²) in [5, 5.41) is 1.94. The van der Waals surface area contributed by atoms with Crippen molar-refractivity contribution in [3.05, 3.63) is 97.4 Å². The van der Waals surface area contributed by atoms with Gasteiger partial charge in [-0.15, -0.1) is 0 Å². The van der Waals surface area contributed by atoms with Crippen molar-refractivity contribution >= 4 is 40.0 Å². The molecule has 0 bridgehead atoms. The van der Waals surface area contributed by atoms with E-state index in [9.17, 15) is 62.3 Å². The van der Waals surface area contributed by atoms with Crippen LogP contribution in [0, 0.1) is 21.0 Å². The van der Waals surface area contributed by atoms with E-state index >= 15 is 4.39 Å². The van der Waals surface area contributed by atoms with E-state index in [-0.39, 0.29) is 6.07 Å². The van der Waals surface area contributed by atoms with Crippen molar-refractivity contribution in [2.45, 2.75) is 30.6 Å². The third-order valence-electron chi connectivity index (χ3n) is 5.75. The Kier molecular flexibility index (Phi) is 8.97. The highest BCUT2D eigenvalue weighted by atomic mass is 127. The van der Waals surface area contributed by atoms with Gasteiger partial charge < -0.3 is 5.32 Å². The predicted molar refractivity (Wildman–Crippen MR) is 128 cm³/mol. The van der Waals surface area contributed by atoms with Crippen LogP contribution in [0.2, 0.25) is 0 Å². The van der Waals surface area contributed by atoms with Gasteiger partial charge in [0.1, 0.15) is 0 Å². The average Bonchev–Trinajstić information content (AvgIpc) is 2.85. The summed E-state index contributed by atoms with van der Waals surface area (Å²) in [6.07, 6.45) is -20.6. The van der Waals surface area contributed by atoms with Gasteiger partial charge in [0.2, 0.25) is 0 Å². The number of nitrogens with one attached hydrogen (secondary N) is 1. The number of anilines is 1. The van der Waals surface area contributed by atoms with Crippen molar-refractivity contribution < 1.29 is 66.7 Å². The molecule has 0 spiro atoms. The quantitative estimate of drug-likeness (QED) is 0.157. The molecule has 0 heterocycles. The summed E-state index contributed by atoms with van der Waals surface area (Å²) in [5.41, 5.74) is -14.2. The number of benzene rings is 3. The second-order valence-electron chi connectivity index (χ2n) is 8.49. The van der Waals surface area contributed by atoms with E-state index < -0.39 is 103 Å². The van der Waals surface area contributed by atoms with Crippen LogP contribution in [-0.4, -0.2) is 24.0 Å². The molecule has 3 nitrogen and oxygen atoms in total. The fourth-order valence-electron chi connectivity index (χ4n) is 3.69. The zero-order valence-corrected chi connectivity index (χ0v) is 22.1. The molecule has 226 valence electrons. The minimum absolute atomic E-state index is 0.159. The Bertz CT molecular complexity index is 1530. The van der Waals surface area contributed by atoms with Crippen LogP contribution in [0.5, 0.6) is 0 Å². The number of carbonyl (C=O) groups is 2. The Morgan fingerprint density at radius 1 is 0.762 bits per heavy atom. The first-order chi connectivity index (χ1) is 19.1. The normalized spacial score (nSPS) is 12.8. The van der Waals surface area contributed by atoms with Crippen LogP contribution in [0.3, 0.4) is 0 Å². The third-order valence-corrected chi connectivity index (χ3v) is 6.71. The molecular formula is C25H11F13INO2. The number of Topliss-reactive ketones (excluding diaryl/α,β-unsaturated/α-hetero) is 1. The average molecular weight is 731 g/mol. The number of alkyl halides is 10. The zero-order valence-electron chi connectivity index (χ0n) is 19.9. The first kappa shape index (κ1) is 33.1. The molecule has 17 heteroatoms. The minimum Gasteiger partial charge on any atom is -0.319 e. The molecule has 0 aliphatic carbocycles. The third kappa shape index (κ3) is 6.34. The predicted octanol–water partition coefficient (Wildman–Crippen LogP) is 8.69. The number of carbonyl (C=O) groups excluding carboxylic acids is 2. The van der Waals surface area contributed by atoms with Crippen LogP contribution >= 0.6 is 22.6 Å². The molecule has 0 saturated carbocycles. The molecule has 0 atom stereocenters. The molecule has 0 aromatic heterocycles. The lowest BCUT2D eigenvalue weighted by molar-refractivity contribution is -0.348. The van der Waals surface area contributed by atoms with Gasteiger partial charge in [0, 0.05) is 21.1 Å². The number of rotatable bonds is 6. The van der Waals surface area contributed by atoms with E-state index in [0.29, 0.717) is 12.1 Å². The van der Waals surface area contributed by atoms with Crippen LogP contribution in [0.1, 0.15) is 37.4 Å². The highest BCUT2D eigenvalue weighted by Gasteiger charge is 2.73. The SMILES string of the molecule is O=C(Nc1cccc(C(=O)Cc2c(I)cc(C(F)(C(F)(F)F)C(F)(F)F)cc2C(F)(F)F)c1F)c1ccc(F)c(F)c1. The molecule has 1 amide bonds. The van der Waals surface area contributed by atoms with E-state index in [1.807, 2.05) is 5.32 Å². The van der Waals surface area contributed by atoms with Gasteiger partial charge in [-0.25, -0.2) is 17.6 Å². The smallest absolute Gasteiger partial charge is 0.319 e. The molecule has 0 radical (unpaired) electrons. The lowest BCUT2D eigenvalue weighted by atomic mass is 9.89. The summed E-state index contributed by atoms with van der Waals surface area (Å²) in [6, 6.07) is 3.59. The van der Waals surface area contributed by atoms with Gasteiger partial charge in [-0.1, -0.05) is 6.07 Å². The van der Waals surface area contributed by atoms with Gasteiger partial charge in [0.25, 0.3) is 5.91 Å². The van der Waals surface area contributed by atoms with Gasteiger partial charge in [-0.05, 0) is 70.6 Å². The Morgan fingerprint density at radius 3 is 1.88 bits per heavy atom. The Labute approximate surface area is 239 Å². The fraction of sp³-hybridized carbons (Fsp3) is 0.200. The van der Waals surface area contributed by atoms with Gasteiger partial charge in [-0.2, -0.15) is 39.5 Å². The van der Waals surface area contributed by atoms with E-state index in [1.54, 1.807) is 0 Å². The van der Waals surface area contributed by atoms with E-state index in [4.69, 9.17) is 0 Å². The molecule has 3 rings (SSSR count). The Hall–Kier alpha value is -3.38. The molecule has 0 aliphatic heterocycles. The first-order valence-corrected chi connectivity index (χ1v) is 12.0. The molecule has 1 N–H and O–H groups in total. The van der Waals surface area contributed by atoms with E-state index in [1.165, 1.54) is 0 Å². The van der Waals surface area contributed by atoms with Crippen molar-refractivity contribution in [3.8, 4) is 0 Å². The molecule has 42 heavy (non-hydrogen) atoms. The molecular weight excluding hydrogens is 720 g/mol. The fourth-order valence-corrected chi connectivity index (χ4v) is 4.50. The lowest BCUT2D eigenvalue weighted by Gasteiger charge is -2.31. The molecule has 3 aromatic rings. The summed E-state index contributed by atoms with van der Waals surface area (Å²) in [7, 11) is 0. The maximum absolute atomic E-state index is 15.1. The van der Waals surface area contributed by atoms with Crippen molar-refractivity contribution in [1.82, 2.24) is 0 Å². The first-order valence-electron chi connectivity index (χ1n) is 10.9. The summed E-state index contributed by atoms with van der Waals surface area (Å²) in [6.45, 7) is 0. The van der Waals surface area contributed by atoms with Crippen molar-refractivity contribution in [2.24, 2.45) is 0 Å².